The number of rotatable bonds is 6. The summed E-state index contributed by atoms with van der Waals surface area (Å²) in [6.45, 7) is 6.13. The van der Waals surface area contributed by atoms with Gasteiger partial charge in [0.2, 0.25) is 0 Å². The summed E-state index contributed by atoms with van der Waals surface area (Å²) < 4.78 is 8.25. The van der Waals surface area contributed by atoms with E-state index < -0.39 is 0 Å². The highest BCUT2D eigenvalue weighted by molar-refractivity contribution is 5.75. The zero-order chi connectivity index (χ0) is 16.2. The van der Waals surface area contributed by atoms with Gasteiger partial charge in [0.1, 0.15) is 18.2 Å². The number of aromatic nitrogens is 2. The molecule has 2 aromatic carbocycles. The van der Waals surface area contributed by atoms with Gasteiger partial charge < -0.3 is 15.0 Å². The van der Waals surface area contributed by atoms with Crippen LogP contribution in [0.4, 0.5) is 0 Å². The molecular formula is C19H23N3O. The van der Waals surface area contributed by atoms with Gasteiger partial charge in [-0.15, -0.1) is 0 Å². The molecule has 0 atom stereocenters. The van der Waals surface area contributed by atoms with Crippen LogP contribution in [-0.2, 0) is 13.2 Å². The first-order chi connectivity index (χ1) is 11.2. The van der Waals surface area contributed by atoms with Crippen LogP contribution < -0.4 is 10.5 Å². The van der Waals surface area contributed by atoms with Gasteiger partial charge in [-0.05, 0) is 56.1 Å². The maximum atomic E-state index is 6.04. The molecular weight excluding hydrogens is 286 g/mol. The van der Waals surface area contributed by atoms with Gasteiger partial charge in [0.25, 0.3) is 0 Å². The van der Waals surface area contributed by atoms with Crippen LogP contribution in [0.5, 0.6) is 5.75 Å². The summed E-state index contributed by atoms with van der Waals surface area (Å²) in [7, 11) is 0. The SMILES string of the molecule is Cc1ccc(C)c(OCc2nc3ccccc3n2CCCN)c1. The molecule has 0 unspecified atom stereocenters. The van der Waals surface area contributed by atoms with Gasteiger partial charge >= 0.3 is 0 Å². The lowest BCUT2D eigenvalue weighted by Gasteiger charge is -2.12. The third-order valence-corrected chi connectivity index (χ3v) is 4.02. The molecule has 1 heterocycles. The number of nitrogens with two attached hydrogens (primary N) is 1. The fourth-order valence-corrected chi connectivity index (χ4v) is 2.74. The van der Waals surface area contributed by atoms with Crippen LogP contribution in [-0.4, -0.2) is 16.1 Å². The predicted octanol–water partition coefficient (Wildman–Crippen LogP) is 3.58. The highest BCUT2D eigenvalue weighted by atomic mass is 16.5. The topological polar surface area (TPSA) is 53.1 Å². The lowest BCUT2D eigenvalue weighted by molar-refractivity contribution is 0.288. The average molecular weight is 309 g/mol. The highest BCUT2D eigenvalue weighted by Gasteiger charge is 2.11. The minimum atomic E-state index is 0.462. The van der Waals surface area contributed by atoms with E-state index in [1.54, 1.807) is 0 Å². The van der Waals surface area contributed by atoms with Gasteiger partial charge in [0.15, 0.2) is 0 Å². The first kappa shape index (κ1) is 15.6. The van der Waals surface area contributed by atoms with Crippen LogP contribution in [0.1, 0.15) is 23.4 Å². The lowest BCUT2D eigenvalue weighted by atomic mass is 10.1. The molecule has 0 saturated carbocycles. The van der Waals surface area contributed by atoms with E-state index in [-0.39, 0.29) is 0 Å². The van der Waals surface area contributed by atoms with Crippen molar-refractivity contribution in [3.05, 3.63) is 59.4 Å². The molecule has 0 fully saturated rings. The van der Waals surface area contributed by atoms with Crippen molar-refractivity contribution in [3.63, 3.8) is 0 Å². The molecule has 4 nitrogen and oxygen atoms in total. The Morgan fingerprint density at radius 3 is 2.78 bits per heavy atom. The van der Waals surface area contributed by atoms with Crippen LogP contribution in [0.2, 0.25) is 0 Å². The monoisotopic (exact) mass is 309 g/mol. The van der Waals surface area contributed by atoms with Crippen molar-refractivity contribution in [2.75, 3.05) is 6.54 Å². The van der Waals surface area contributed by atoms with Crippen LogP contribution in [0.3, 0.4) is 0 Å². The van der Waals surface area contributed by atoms with Crippen molar-refractivity contribution >= 4 is 11.0 Å². The summed E-state index contributed by atoms with van der Waals surface area (Å²) in [5, 5.41) is 0. The third-order valence-electron chi connectivity index (χ3n) is 4.02. The molecule has 23 heavy (non-hydrogen) atoms. The first-order valence-electron chi connectivity index (χ1n) is 8.03. The molecule has 3 rings (SSSR count). The minimum absolute atomic E-state index is 0.462. The van der Waals surface area contributed by atoms with E-state index in [2.05, 4.69) is 42.7 Å². The largest absolute Gasteiger partial charge is 0.485 e. The Morgan fingerprint density at radius 1 is 1.13 bits per heavy atom. The minimum Gasteiger partial charge on any atom is -0.485 e. The smallest absolute Gasteiger partial charge is 0.147 e. The summed E-state index contributed by atoms with van der Waals surface area (Å²) in [5.41, 5.74) is 10.2. The van der Waals surface area contributed by atoms with Gasteiger partial charge in [0.05, 0.1) is 11.0 Å². The predicted molar refractivity (Wildman–Crippen MR) is 93.7 cm³/mol. The first-order valence-corrected chi connectivity index (χ1v) is 8.03. The van der Waals surface area contributed by atoms with Crippen molar-refractivity contribution in [1.82, 2.24) is 9.55 Å². The summed E-state index contributed by atoms with van der Waals surface area (Å²) in [6.07, 6.45) is 0.927. The van der Waals surface area contributed by atoms with E-state index in [4.69, 9.17) is 15.5 Å². The number of benzene rings is 2. The second-order valence-corrected chi connectivity index (χ2v) is 5.87. The number of aryl methyl sites for hydroxylation is 3. The van der Waals surface area contributed by atoms with Crippen molar-refractivity contribution in [1.29, 1.82) is 0 Å². The number of hydrogen-bond acceptors (Lipinski definition) is 3. The van der Waals surface area contributed by atoms with Crippen LogP contribution in [0.25, 0.3) is 11.0 Å². The molecule has 2 N–H and O–H groups in total. The molecule has 0 radical (unpaired) electrons. The van der Waals surface area contributed by atoms with Gasteiger partial charge in [-0.25, -0.2) is 4.98 Å². The Labute approximate surface area is 136 Å². The van der Waals surface area contributed by atoms with Crippen molar-refractivity contribution < 1.29 is 4.74 Å². The Morgan fingerprint density at radius 2 is 1.96 bits per heavy atom. The molecule has 1 aromatic heterocycles. The molecule has 0 aliphatic carbocycles. The average Bonchev–Trinajstić information content (AvgIpc) is 2.91. The number of imidazole rings is 1. The fraction of sp³-hybridized carbons (Fsp3) is 0.316. The second-order valence-electron chi connectivity index (χ2n) is 5.87. The number of nitrogens with zero attached hydrogens (tertiary/aromatic N) is 2. The van der Waals surface area contributed by atoms with Crippen molar-refractivity contribution in [3.8, 4) is 5.75 Å². The molecule has 120 valence electrons. The molecule has 3 aromatic rings. The molecule has 4 heteroatoms. The van der Waals surface area contributed by atoms with Gasteiger partial charge in [-0.2, -0.15) is 0 Å². The molecule has 0 spiro atoms. The summed E-state index contributed by atoms with van der Waals surface area (Å²) in [6, 6.07) is 14.4. The number of hydrogen-bond donors (Lipinski definition) is 1. The van der Waals surface area contributed by atoms with Crippen LogP contribution in [0, 0.1) is 13.8 Å². The molecule has 0 bridgehead atoms. The number of ether oxygens (including phenoxy) is 1. The fourth-order valence-electron chi connectivity index (χ4n) is 2.74. The van der Waals surface area contributed by atoms with Crippen molar-refractivity contribution in [2.45, 2.75) is 33.4 Å². The normalized spacial score (nSPS) is 11.1. The molecule has 0 aliphatic heterocycles. The van der Waals surface area contributed by atoms with E-state index in [9.17, 15) is 0 Å². The Balaban J connectivity index is 1.88. The van der Waals surface area contributed by atoms with E-state index in [0.717, 1.165) is 41.1 Å². The number of fused-ring (bicyclic) bond motifs is 1. The van der Waals surface area contributed by atoms with E-state index in [0.29, 0.717) is 13.2 Å². The van der Waals surface area contributed by atoms with Crippen LogP contribution >= 0.6 is 0 Å². The lowest BCUT2D eigenvalue weighted by Crippen LogP contribution is -2.11. The van der Waals surface area contributed by atoms with Crippen LogP contribution in [0.15, 0.2) is 42.5 Å². The summed E-state index contributed by atoms with van der Waals surface area (Å²) in [5.74, 6) is 1.86. The van der Waals surface area contributed by atoms with E-state index in [1.807, 2.05) is 18.2 Å². The standard InChI is InChI=1S/C19H23N3O/c1-14-8-9-15(2)18(12-14)23-13-19-21-16-6-3-4-7-17(16)22(19)11-5-10-20/h3-4,6-9,12H,5,10-11,13,20H2,1-2H3. The van der Waals surface area contributed by atoms with E-state index in [1.165, 1.54) is 5.56 Å². The Kier molecular flexibility index (Phi) is 4.63. The van der Waals surface area contributed by atoms with Crippen molar-refractivity contribution in [2.24, 2.45) is 5.73 Å². The Hall–Kier alpha value is -2.33. The third kappa shape index (κ3) is 3.37. The van der Waals surface area contributed by atoms with E-state index >= 15 is 0 Å². The second kappa shape index (κ2) is 6.84. The summed E-state index contributed by atoms with van der Waals surface area (Å²) >= 11 is 0. The Bertz CT molecular complexity index is 807. The maximum Gasteiger partial charge on any atom is 0.147 e. The highest BCUT2D eigenvalue weighted by Crippen LogP contribution is 2.22. The quantitative estimate of drug-likeness (QED) is 0.757. The molecule has 0 saturated heterocycles. The molecule has 0 aliphatic rings. The van der Waals surface area contributed by atoms with Gasteiger partial charge in [-0.3, -0.25) is 0 Å². The van der Waals surface area contributed by atoms with Gasteiger partial charge in [0, 0.05) is 6.54 Å². The summed E-state index contributed by atoms with van der Waals surface area (Å²) in [4.78, 5) is 4.73. The van der Waals surface area contributed by atoms with Gasteiger partial charge in [-0.1, -0.05) is 24.3 Å². The zero-order valence-corrected chi connectivity index (χ0v) is 13.7. The maximum absolute atomic E-state index is 6.04. The number of para-hydroxylation sites is 2. The molecule has 0 amide bonds. The zero-order valence-electron chi connectivity index (χ0n) is 13.7.